The number of sulfonamides is 1. The molecule has 0 fully saturated rings. The van der Waals surface area contributed by atoms with Crippen molar-refractivity contribution in [3.05, 3.63) is 64.2 Å². The van der Waals surface area contributed by atoms with E-state index >= 15 is 0 Å². The molecule has 11 heteroatoms. The first-order valence-electron chi connectivity index (χ1n) is 10.6. The lowest BCUT2D eigenvalue weighted by atomic mass is 10.1. The zero-order valence-corrected chi connectivity index (χ0v) is 19.9. The van der Waals surface area contributed by atoms with E-state index in [9.17, 15) is 30.8 Å². The molecule has 6 nitrogen and oxygen atoms in total. The molecule has 0 aliphatic rings. The molecule has 0 saturated carbocycles. The van der Waals surface area contributed by atoms with Crippen molar-refractivity contribution in [3.8, 4) is 0 Å². The van der Waals surface area contributed by atoms with Gasteiger partial charge in [-0.25, -0.2) is 17.8 Å². The van der Waals surface area contributed by atoms with Gasteiger partial charge < -0.3 is 5.32 Å². The van der Waals surface area contributed by atoms with Gasteiger partial charge in [-0.3, -0.25) is 9.52 Å². The lowest BCUT2D eigenvalue weighted by molar-refractivity contribution is -0.141. The normalized spacial score (nSPS) is 12.2. The number of benzene rings is 1. The van der Waals surface area contributed by atoms with Crippen LogP contribution in [-0.2, 0) is 34.0 Å². The third-order valence-corrected chi connectivity index (χ3v) is 5.41. The molecule has 1 aromatic heterocycles. The number of anilines is 1. The number of amides is 1. The summed E-state index contributed by atoms with van der Waals surface area (Å²) in [5.74, 6) is -1.31. The summed E-state index contributed by atoms with van der Waals surface area (Å²) in [5.41, 5.74) is 0.288. The second-order valence-electron chi connectivity index (χ2n) is 7.88. The van der Waals surface area contributed by atoms with Crippen LogP contribution in [0.3, 0.4) is 0 Å². The highest BCUT2D eigenvalue weighted by atomic mass is 32.2. The van der Waals surface area contributed by atoms with E-state index in [4.69, 9.17) is 0 Å². The number of carbonyl (C=O) groups excluding carboxylic acids is 1. The number of alkyl halides is 3. The second kappa shape index (κ2) is 11.5. The van der Waals surface area contributed by atoms with Gasteiger partial charge in [0, 0.05) is 18.3 Å². The van der Waals surface area contributed by atoms with Crippen molar-refractivity contribution in [1.82, 2.24) is 10.3 Å². The number of nitrogens with one attached hydrogen (secondary N) is 2. The van der Waals surface area contributed by atoms with Crippen LogP contribution in [0.15, 0.2) is 30.3 Å². The molecule has 0 spiro atoms. The fraction of sp³-hybridized carbons (Fsp3) is 0.391. The van der Waals surface area contributed by atoms with E-state index in [2.05, 4.69) is 15.0 Å². The summed E-state index contributed by atoms with van der Waals surface area (Å²) in [5, 5.41) is 2.57. The van der Waals surface area contributed by atoms with E-state index in [1.54, 1.807) is 0 Å². The number of pyridine rings is 1. The molecule has 0 unspecified atom stereocenters. The van der Waals surface area contributed by atoms with Crippen LogP contribution in [0.4, 0.5) is 23.2 Å². The van der Waals surface area contributed by atoms with Crippen LogP contribution in [-0.4, -0.2) is 25.6 Å². The van der Waals surface area contributed by atoms with Gasteiger partial charge in [0.2, 0.25) is 15.9 Å². The van der Waals surface area contributed by atoms with Crippen molar-refractivity contribution in [3.63, 3.8) is 0 Å². The number of carbonyl (C=O) groups is 1. The first kappa shape index (κ1) is 27.3. The maximum Gasteiger partial charge on any atom is 0.433 e. The van der Waals surface area contributed by atoms with Crippen LogP contribution < -0.4 is 10.0 Å². The number of aryl methyl sites for hydroxylation is 2. The van der Waals surface area contributed by atoms with Gasteiger partial charge in [0.05, 0.1) is 11.9 Å². The molecule has 0 radical (unpaired) electrons. The zero-order chi connectivity index (χ0) is 25.5. The summed E-state index contributed by atoms with van der Waals surface area (Å²) >= 11 is 0. The minimum atomic E-state index is -4.56. The Balaban J connectivity index is 2.11. The molecule has 186 valence electrons. The molecule has 2 N–H and O–H groups in total. The molecule has 1 amide bonds. The number of nitrogens with zero attached hydrogens (tertiary/aromatic N) is 1. The molecule has 0 saturated heterocycles. The Kier molecular flexibility index (Phi) is 9.20. The Bertz CT molecular complexity index is 1140. The number of unbranched alkanes of at least 4 members (excludes halogenated alkanes) is 2. The van der Waals surface area contributed by atoms with Gasteiger partial charge in [0.15, 0.2) is 0 Å². The van der Waals surface area contributed by atoms with Gasteiger partial charge in [0.1, 0.15) is 11.5 Å². The zero-order valence-electron chi connectivity index (χ0n) is 19.1. The SMILES string of the molecule is CCCCCc1nc(C(F)(F)F)ccc1/C=C/C(=O)NCc1cc(C)c(NS(C)(=O)=O)c(F)c1. The average molecular weight is 502 g/mol. The number of hydrogen-bond acceptors (Lipinski definition) is 4. The molecule has 2 rings (SSSR count). The van der Waals surface area contributed by atoms with E-state index in [1.165, 1.54) is 31.2 Å². The van der Waals surface area contributed by atoms with E-state index < -0.39 is 33.6 Å². The van der Waals surface area contributed by atoms with Crippen LogP contribution in [0.2, 0.25) is 0 Å². The van der Waals surface area contributed by atoms with Gasteiger partial charge in [-0.15, -0.1) is 0 Å². The van der Waals surface area contributed by atoms with E-state index in [-0.39, 0.29) is 17.9 Å². The third-order valence-electron chi connectivity index (χ3n) is 4.83. The van der Waals surface area contributed by atoms with Crippen LogP contribution >= 0.6 is 0 Å². The Morgan fingerprint density at radius 1 is 1.18 bits per heavy atom. The lowest BCUT2D eigenvalue weighted by Gasteiger charge is -2.12. The minimum absolute atomic E-state index is 0.0330. The standard InChI is InChI=1S/C23H27F4N3O3S/c1-4-5-6-7-19-17(8-10-20(29-19)23(25,26)27)9-11-21(31)28-14-16-12-15(2)22(18(24)13-16)30-34(3,32)33/h8-13,30H,4-7,14H2,1-3H3,(H,28,31)/b11-9+. The number of halogens is 4. The first-order valence-corrected chi connectivity index (χ1v) is 12.5. The first-order chi connectivity index (χ1) is 15.8. The number of rotatable bonds is 10. The maximum atomic E-state index is 14.3. The lowest BCUT2D eigenvalue weighted by Crippen LogP contribution is -2.20. The van der Waals surface area contributed by atoms with Crippen molar-refractivity contribution < 1.29 is 30.8 Å². The monoisotopic (exact) mass is 501 g/mol. The summed E-state index contributed by atoms with van der Waals surface area (Å²) in [6, 6.07) is 4.80. The molecular formula is C23H27F4N3O3S. The van der Waals surface area contributed by atoms with Gasteiger partial charge in [-0.2, -0.15) is 13.2 Å². The van der Waals surface area contributed by atoms with Crippen LogP contribution in [0.1, 0.15) is 54.3 Å². The van der Waals surface area contributed by atoms with Crippen molar-refractivity contribution >= 4 is 27.7 Å². The Labute approximate surface area is 196 Å². The highest BCUT2D eigenvalue weighted by molar-refractivity contribution is 7.92. The molecule has 0 aliphatic heterocycles. The molecule has 1 aromatic carbocycles. The highest BCUT2D eigenvalue weighted by Gasteiger charge is 2.32. The second-order valence-corrected chi connectivity index (χ2v) is 9.63. The summed E-state index contributed by atoms with van der Waals surface area (Å²) < 4.78 is 78.2. The van der Waals surface area contributed by atoms with Gasteiger partial charge >= 0.3 is 6.18 Å². The number of aromatic nitrogens is 1. The molecule has 2 aromatic rings. The molecule has 0 atom stereocenters. The van der Waals surface area contributed by atoms with E-state index in [0.717, 1.165) is 31.2 Å². The molecule has 1 heterocycles. The van der Waals surface area contributed by atoms with E-state index in [0.29, 0.717) is 29.5 Å². The predicted molar refractivity (Wildman–Crippen MR) is 123 cm³/mol. The van der Waals surface area contributed by atoms with Crippen LogP contribution in [0.5, 0.6) is 0 Å². The van der Waals surface area contributed by atoms with Crippen molar-refractivity contribution in [2.45, 2.75) is 52.3 Å². The summed E-state index contributed by atoms with van der Waals surface area (Å²) in [6.07, 6.45) is 1.70. The molecule has 0 bridgehead atoms. The summed E-state index contributed by atoms with van der Waals surface area (Å²) in [6.45, 7) is 3.47. The Hall–Kier alpha value is -2.95. The van der Waals surface area contributed by atoms with Crippen LogP contribution in [0, 0.1) is 12.7 Å². The molecular weight excluding hydrogens is 474 g/mol. The highest BCUT2D eigenvalue weighted by Crippen LogP contribution is 2.29. The van der Waals surface area contributed by atoms with Gasteiger partial charge in [-0.05, 0) is 54.7 Å². The fourth-order valence-corrected chi connectivity index (χ4v) is 3.84. The average Bonchev–Trinajstić information content (AvgIpc) is 2.72. The predicted octanol–water partition coefficient (Wildman–Crippen LogP) is 4.98. The van der Waals surface area contributed by atoms with Gasteiger partial charge in [0.25, 0.3) is 0 Å². The Morgan fingerprint density at radius 2 is 1.88 bits per heavy atom. The van der Waals surface area contributed by atoms with Crippen molar-refractivity contribution in [1.29, 1.82) is 0 Å². The maximum absolute atomic E-state index is 14.3. The van der Waals surface area contributed by atoms with Gasteiger partial charge in [-0.1, -0.05) is 31.9 Å². The quantitative estimate of drug-likeness (QED) is 0.273. The molecule has 34 heavy (non-hydrogen) atoms. The Morgan fingerprint density at radius 3 is 2.47 bits per heavy atom. The largest absolute Gasteiger partial charge is 0.433 e. The third kappa shape index (κ3) is 8.44. The summed E-state index contributed by atoms with van der Waals surface area (Å²) in [4.78, 5) is 16.0. The topological polar surface area (TPSA) is 88.2 Å². The van der Waals surface area contributed by atoms with Crippen LogP contribution in [0.25, 0.3) is 6.08 Å². The summed E-state index contributed by atoms with van der Waals surface area (Å²) in [7, 11) is -3.65. The van der Waals surface area contributed by atoms with E-state index in [1.807, 2.05) is 6.92 Å². The molecule has 0 aliphatic carbocycles. The smallest absolute Gasteiger partial charge is 0.348 e. The van der Waals surface area contributed by atoms with Crippen molar-refractivity contribution in [2.75, 3.05) is 11.0 Å². The fourth-order valence-electron chi connectivity index (χ4n) is 3.21. The van der Waals surface area contributed by atoms with Crippen molar-refractivity contribution in [2.24, 2.45) is 0 Å². The number of hydrogen-bond donors (Lipinski definition) is 2. The minimum Gasteiger partial charge on any atom is -0.348 e.